The van der Waals surface area contributed by atoms with Gasteiger partial charge in [-0.1, -0.05) is 0 Å². The molecule has 0 spiro atoms. The number of carbonyl (C=O) groups is 1. The van der Waals surface area contributed by atoms with Gasteiger partial charge in [-0.25, -0.2) is 4.98 Å². The highest BCUT2D eigenvalue weighted by Crippen LogP contribution is 2.27. The van der Waals surface area contributed by atoms with Gasteiger partial charge in [0.2, 0.25) is 0 Å². The first kappa shape index (κ1) is 9.39. The van der Waals surface area contributed by atoms with E-state index >= 15 is 0 Å². The molecule has 4 nitrogen and oxygen atoms in total. The van der Waals surface area contributed by atoms with E-state index < -0.39 is 0 Å². The van der Waals surface area contributed by atoms with E-state index in [2.05, 4.69) is 10.3 Å². The summed E-state index contributed by atoms with van der Waals surface area (Å²) in [6.07, 6.45) is 2.50. The van der Waals surface area contributed by atoms with Gasteiger partial charge in [-0.3, -0.25) is 4.79 Å². The van der Waals surface area contributed by atoms with Crippen LogP contribution in [0.4, 0.5) is 5.69 Å². The van der Waals surface area contributed by atoms with E-state index in [1.165, 1.54) is 0 Å². The second-order valence-corrected chi connectivity index (χ2v) is 4.18. The standard InChI is InChI=1S/C12H13N3O/c1-7-8(2)15-6-4-9-10(16)3-5-13-11(9)12(15)14-7/h4,6,13H,3,5H2,1-2H3. The normalized spacial score (nSPS) is 15.0. The van der Waals surface area contributed by atoms with Gasteiger partial charge >= 0.3 is 0 Å². The third kappa shape index (κ3) is 1.10. The van der Waals surface area contributed by atoms with Crippen molar-refractivity contribution in [2.75, 3.05) is 11.9 Å². The molecule has 2 aromatic heterocycles. The zero-order valence-electron chi connectivity index (χ0n) is 9.37. The SMILES string of the molecule is Cc1nc2c3c(ccn2c1C)C(=O)CCN3. The number of ketones is 1. The highest BCUT2D eigenvalue weighted by molar-refractivity contribution is 6.05. The number of imidazole rings is 1. The Labute approximate surface area is 93.3 Å². The van der Waals surface area contributed by atoms with Gasteiger partial charge in [-0.15, -0.1) is 0 Å². The molecule has 0 bridgehead atoms. The molecule has 0 fully saturated rings. The lowest BCUT2D eigenvalue weighted by molar-refractivity contribution is 0.0983. The largest absolute Gasteiger partial charge is 0.381 e. The molecule has 1 aliphatic heterocycles. The van der Waals surface area contributed by atoms with Crippen LogP contribution in [0, 0.1) is 13.8 Å². The summed E-state index contributed by atoms with van der Waals surface area (Å²) in [5.74, 6) is 0.203. The van der Waals surface area contributed by atoms with Crippen molar-refractivity contribution < 1.29 is 4.79 Å². The third-order valence-electron chi connectivity index (χ3n) is 3.22. The van der Waals surface area contributed by atoms with Crippen molar-refractivity contribution in [1.29, 1.82) is 0 Å². The number of nitrogens with one attached hydrogen (secondary N) is 1. The molecule has 3 rings (SSSR count). The molecule has 82 valence electrons. The Morgan fingerprint density at radius 2 is 2.25 bits per heavy atom. The van der Waals surface area contributed by atoms with Crippen LogP contribution in [0.5, 0.6) is 0 Å². The summed E-state index contributed by atoms with van der Waals surface area (Å²) in [6, 6.07) is 1.88. The number of Topliss-reactive ketones (excluding diaryl/α,β-unsaturated/α-hetero) is 1. The minimum Gasteiger partial charge on any atom is -0.381 e. The highest BCUT2D eigenvalue weighted by atomic mass is 16.1. The number of aryl methyl sites for hydroxylation is 2. The number of carbonyl (C=O) groups excluding carboxylic acids is 1. The van der Waals surface area contributed by atoms with Gasteiger partial charge in [0.05, 0.1) is 11.4 Å². The molecule has 0 radical (unpaired) electrons. The van der Waals surface area contributed by atoms with E-state index in [9.17, 15) is 4.79 Å². The molecular weight excluding hydrogens is 202 g/mol. The average molecular weight is 215 g/mol. The van der Waals surface area contributed by atoms with E-state index in [4.69, 9.17) is 0 Å². The first-order valence-corrected chi connectivity index (χ1v) is 5.44. The van der Waals surface area contributed by atoms with Gasteiger partial charge in [0.25, 0.3) is 0 Å². The summed E-state index contributed by atoms with van der Waals surface area (Å²) < 4.78 is 2.03. The predicted molar refractivity (Wildman–Crippen MR) is 62.1 cm³/mol. The van der Waals surface area contributed by atoms with Gasteiger partial charge in [-0.05, 0) is 19.9 Å². The maximum Gasteiger partial charge on any atom is 0.166 e. The van der Waals surface area contributed by atoms with Gasteiger partial charge in [-0.2, -0.15) is 0 Å². The molecule has 2 aromatic rings. The number of aromatic nitrogens is 2. The molecule has 0 saturated carbocycles. The third-order valence-corrected chi connectivity index (χ3v) is 3.22. The molecule has 3 heterocycles. The number of fused-ring (bicyclic) bond motifs is 3. The first-order valence-electron chi connectivity index (χ1n) is 5.44. The Hall–Kier alpha value is -1.84. The zero-order chi connectivity index (χ0) is 11.3. The Morgan fingerprint density at radius 3 is 3.06 bits per heavy atom. The molecule has 1 N–H and O–H groups in total. The Bertz CT molecular complexity index is 598. The molecule has 0 amide bonds. The van der Waals surface area contributed by atoms with E-state index in [-0.39, 0.29) is 5.78 Å². The van der Waals surface area contributed by atoms with Crippen LogP contribution in [-0.2, 0) is 0 Å². The first-order chi connectivity index (χ1) is 7.68. The monoisotopic (exact) mass is 215 g/mol. The number of nitrogens with zero attached hydrogens (tertiary/aromatic N) is 2. The zero-order valence-corrected chi connectivity index (χ0v) is 9.37. The summed E-state index contributed by atoms with van der Waals surface area (Å²) in [5.41, 5.74) is 4.64. The molecule has 0 atom stereocenters. The number of anilines is 1. The summed E-state index contributed by atoms with van der Waals surface area (Å²) in [7, 11) is 0. The van der Waals surface area contributed by atoms with Crippen LogP contribution >= 0.6 is 0 Å². The van der Waals surface area contributed by atoms with Crippen molar-refractivity contribution in [2.24, 2.45) is 0 Å². The quantitative estimate of drug-likeness (QED) is 0.730. The molecule has 0 unspecified atom stereocenters. The van der Waals surface area contributed by atoms with E-state index in [1.807, 2.05) is 30.5 Å². The van der Waals surface area contributed by atoms with Crippen LogP contribution < -0.4 is 5.32 Å². The lowest BCUT2D eigenvalue weighted by Crippen LogP contribution is -2.18. The van der Waals surface area contributed by atoms with Crippen molar-refractivity contribution in [3.63, 3.8) is 0 Å². The minimum atomic E-state index is 0.203. The van der Waals surface area contributed by atoms with Crippen LogP contribution in [0.2, 0.25) is 0 Å². The molecule has 4 heteroatoms. The summed E-state index contributed by atoms with van der Waals surface area (Å²) in [4.78, 5) is 16.3. The number of rotatable bonds is 0. The smallest absolute Gasteiger partial charge is 0.166 e. The Morgan fingerprint density at radius 1 is 1.44 bits per heavy atom. The number of pyridine rings is 1. The van der Waals surface area contributed by atoms with Crippen molar-refractivity contribution in [1.82, 2.24) is 9.38 Å². The van der Waals surface area contributed by atoms with Crippen molar-refractivity contribution in [2.45, 2.75) is 20.3 Å². The minimum absolute atomic E-state index is 0.203. The Kier molecular flexibility index (Phi) is 1.80. The van der Waals surface area contributed by atoms with Crippen molar-refractivity contribution in [3.05, 3.63) is 29.2 Å². The fraction of sp³-hybridized carbons (Fsp3) is 0.333. The molecule has 0 aliphatic carbocycles. The van der Waals surface area contributed by atoms with Crippen molar-refractivity contribution >= 4 is 17.1 Å². The average Bonchev–Trinajstić information content (AvgIpc) is 2.56. The summed E-state index contributed by atoms with van der Waals surface area (Å²) in [5, 5.41) is 3.27. The fourth-order valence-corrected chi connectivity index (χ4v) is 2.18. The van der Waals surface area contributed by atoms with Crippen LogP contribution in [0.25, 0.3) is 5.65 Å². The van der Waals surface area contributed by atoms with Crippen molar-refractivity contribution in [3.8, 4) is 0 Å². The van der Waals surface area contributed by atoms with Crippen LogP contribution in [0.3, 0.4) is 0 Å². The Balaban J connectivity index is 2.39. The number of hydrogen-bond donors (Lipinski definition) is 1. The lowest BCUT2D eigenvalue weighted by Gasteiger charge is -2.17. The van der Waals surface area contributed by atoms with Gasteiger partial charge in [0.15, 0.2) is 11.4 Å². The van der Waals surface area contributed by atoms with E-state index in [1.54, 1.807) is 0 Å². The van der Waals surface area contributed by atoms with Gasteiger partial charge < -0.3 is 9.72 Å². The summed E-state index contributed by atoms with van der Waals surface area (Å²) in [6.45, 7) is 4.72. The van der Waals surface area contributed by atoms with E-state index in [0.717, 1.165) is 28.3 Å². The predicted octanol–water partition coefficient (Wildman–Crippen LogP) is 1.95. The highest BCUT2D eigenvalue weighted by Gasteiger charge is 2.20. The molecule has 0 saturated heterocycles. The molecule has 0 aromatic carbocycles. The van der Waals surface area contributed by atoms with Gasteiger partial charge in [0, 0.05) is 30.4 Å². The van der Waals surface area contributed by atoms with Crippen LogP contribution in [0.15, 0.2) is 12.3 Å². The topological polar surface area (TPSA) is 46.4 Å². The lowest BCUT2D eigenvalue weighted by atomic mass is 10.0. The maximum atomic E-state index is 11.7. The van der Waals surface area contributed by atoms with Gasteiger partial charge in [0.1, 0.15) is 0 Å². The molecule has 16 heavy (non-hydrogen) atoms. The summed E-state index contributed by atoms with van der Waals surface area (Å²) >= 11 is 0. The van der Waals surface area contributed by atoms with Crippen LogP contribution in [0.1, 0.15) is 28.2 Å². The fourth-order valence-electron chi connectivity index (χ4n) is 2.18. The maximum absolute atomic E-state index is 11.7. The second-order valence-electron chi connectivity index (χ2n) is 4.18. The van der Waals surface area contributed by atoms with E-state index in [0.29, 0.717) is 13.0 Å². The van der Waals surface area contributed by atoms with Crippen LogP contribution in [-0.4, -0.2) is 21.7 Å². The number of hydrogen-bond acceptors (Lipinski definition) is 3. The second kappa shape index (κ2) is 3.07. The molecule has 1 aliphatic rings. The molecular formula is C12H13N3O.